The normalized spacial score (nSPS) is 22.8. The Morgan fingerprint density at radius 1 is 1.29 bits per heavy atom. The van der Waals surface area contributed by atoms with Gasteiger partial charge in [-0.05, 0) is 31.9 Å². The van der Waals surface area contributed by atoms with E-state index in [1.54, 1.807) is 24.1 Å². The van der Waals surface area contributed by atoms with Crippen molar-refractivity contribution in [3.63, 3.8) is 0 Å². The minimum absolute atomic E-state index is 0.209. The van der Waals surface area contributed by atoms with Crippen molar-refractivity contribution >= 4 is 15.7 Å². The highest BCUT2D eigenvalue weighted by atomic mass is 32.2. The van der Waals surface area contributed by atoms with Crippen LogP contribution in [0.3, 0.4) is 0 Å². The summed E-state index contributed by atoms with van der Waals surface area (Å²) in [5.41, 5.74) is 1.15. The molecule has 1 aromatic rings. The number of amides is 1. The number of hydrogen-bond acceptors (Lipinski definition) is 4. The van der Waals surface area contributed by atoms with Crippen molar-refractivity contribution in [3.8, 4) is 0 Å². The molecule has 1 fully saturated rings. The number of aromatic nitrogens is 1. The van der Waals surface area contributed by atoms with E-state index in [0.717, 1.165) is 25.0 Å². The van der Waals surface area contributed by atoms with Gasteiger partial charge in [0.1, 0.15) is 5.69 Å². The molecule has 1 aliphatic carbocycles. The Morgan fingerprint density at radius 3 is 2.57 bits per heavy atom. The number of aryl methyl sites for hydroxylation is 1. The predicted octanol–water partition coefficient (Wildman–Crippen LogP) is 1.82. The summed E-state index contributed by atoms with van der Waals surface area (Å²) < 4.78 is 23.9. The highest BCUT2D eigenvalue weighted by Crippen LogP contribution is 2.28. The second-order valence-corrected chi connectivity index (χ2v) is 8.06. The Labute approximate surface area is 126 Å². The van der Waals surface area contributed by atoms with Crippen LogP contribution in [0.5, 0.6) is 0 Å². The first-order chi connectivity index (χ1) is 9.80. The van der Waals surface area contributed by atoms with Gasteiger partial charge in [-0.2, -0.15) is 0 Å². The van der Waals surface area contributed by atoms with Crippen LogP contribution in [0.15, 0.2) is 18.2 Å². The Kier molecular flexibility index (Phi) is 4.66. The number of carbonyl (C=O) groups is 1. The maximum atomic E-state index is 12.5. The van der Waals surface area contributed by atoms with Crippen LogP contribution in [0.1, 0.15) is 41.9 Å². The maximum absolute atomic E-state index is 12.5. The van der Waals surface area contributed by atoms with Crippen LogP contribution in [-0.4, -0.2) is 48.8 Å². The Bertz CT molecular complexity index is 628. The monoisotopic (exact) mass is 310 g/mol. The summed E-state index contributed by atoms with van der Waals surface area (Å²) in [6.07, 6.45) is 4.47. The van der Waals surface area contributed by atoms with Crippen LogP contribution in [0.2, 0.25) is 0 Å². The van der Waals surface area contributed by atoms with Gasteiger partial charge in [0, 0.05) is 25.0 Å². The molecule has 0 aliphatic heterocycles. The van der Waals surface area contributed by atoms with Crippen molar-refractivity contribution in [2.24, 2.45) is 0 Å². The quantitative estimate of drug-likeness (QED) is 0.854. The predicted molar refractivity (Wildman–Crippen MR) is 82.0 cm³/mol. The second-order valence-electron chi connectivity index (χ2n) is 5.80. The molecule has 0 radical (unpaired) electrons. The zero-order valence-corrected chi connectivity index (χ0v) is 13.6. The summed E-state index contributed by atoms with van der Waals surface area (Å²) in [5, 5.41) is -0.468. The zero-order chi connectivity index (χ0) is 15.6. The first-order valence-electron chi connectivity index (χ1n) is 7.20. The third kappa shape index (κ3) is 3.61. The van der Waals surface area contributed by atoms with Crippen LogP contribution < -0.4 is 0 Å². The molecule has 0 bridgehead atoms. The molecule has 5 nitrogen and oxygen atoms in total. The van der Waals surface area contributed by atoms with E-state index in [1.165, 1.54) is 6.26 Å². The molecular weight excluding hydrogens is 288 g/mol. The molecular formula is C15H22N2O3S. The second kappa shape index (κ2) is 6.13. The lowest BCUT2D eigenvalue weighted by Gasteiger charge is -2.36. The van der Waals surface area contributed by atoms with Crippen molar-refractivity contribution in [3.05, 3.63) is 29.6 Å². The van der Waals surface area contributed by atoms with Crippen LogP contribution >= 0.6 is 0 Å². The summed E-state index contributed by atoms with van der Waals surface area (Å²) >= 11 is 0. The van der Waals surface area contributed by atoms with E-state index in [2.05, 4.69) is 4.98 Å². The Morgan fingerprint density at radius 2 is 1.95 bits per heavy atom. The van der Waals surface area contributed by atoms with E-state index in [4.69, 9.17) is 0 Å². The Balaban J connectivity index is 2.25. The van der Waals surface area contributed by atoms with E-state index in [1.807, 2.05) is 13.0 Å². The molecule has 1 heterocycles. The number of sulfone groups is 1. The highest BCUT2D eigenvalue weighted by molar-refractivity contribution is 7.91. The molecule has 0 unspecified atom stereocenters. The van der Waals surface area contributed by atoms with Crippen LogP contribution in [0.25, 0.3) is 0 Å². The SMILES string of the molecule is Cc1cccc(C(=O)N(C)[C@@H]2CCCC[C@@H]2S(C)(=O)=O)n1. The minimum atomic E-state index is -3.16. The third-order valence-electron chi connectivity index (χ3n) is 4.14. The largest absolute Gasteiger partial charge is 0.336 e. The van der Waals surface area contributed by atoms with Crippen LogP contribution in [0.4, 0.5) is 0 Å². The molecule has 0 N–H and O–H groups in total. The standard InChI is InChI=1S/C15H22N2O3S/c1-11-7-6-8-12(16-11)15(18)17(2)13-9-4-5-10-14(13)21(3,19)20/h6-8,13-14H,4-5,9-10H2,1-3H3/t13-,14+/m1/s1. The lowest BCUT2D eigenvalue weighted by Crippen LogP contribution is -2.49. The van der Waals surface area contributed by atoms with Gasteiger partial charge in [-0.25, -0.2) is 13.4 Å². The smallest absolute Gasteiger partial charge is 0.272 e. The zero-order valence-electron chi connectivity index (χ0n) is 12.7. The summed E-state index contributed by atoms with van der Waals surface area (Å²) in [5.74, 6) is -0.209. The number of hydrogen-bond donors (Lipinski definition) is 0. The van der Waals surface area contributed by atoms with Crippen molar-refractivity contribution < 1.29 is 13.2 Å². The van der Waals surface area contributed by atoms with Gasteiger partial charge in [-0.15, -0.1) is 0 Å². The van der Waals surface area contributed by atoms with Gasteiger partial charge >= 0.3 is 0 Å². The molecule has 0 aromatic carbocycles. The molecule has 0 saturated heterocycles. The molecule has 0 spiro atoms. The van der Waals surface area contributed by atoms with E-state index in [9.17, 15) is 13.2 Å². The summed E-state index contributed by atoms with van der Waals surface area (Å²) in [6.45, 7) is 1.83. The highest BCUT2D eigenvalue weighted by Gasteiger charge is 2.37. The van der Waals surface area contributed by atoms with Gasteiger partial charge in [-0.3, -0.25) is 4.79 Å². The average Bonchev–Trinajstić information content (AvgIpc) is 2.45. The third-order valence-corrected chi connectivity index (χ3v) is 5.79. The number of rotatable bonds is 3. The van der Waals surface area contributed by atoms with E-state index < -0.39 is 15.1 Å². The van der Waals surface area contributed by atoms with Crippen LogP contribution in [0, 0.1) is 6.92 Å². The van der Waals surface area contributed by atoms with E-state index >= 15 is 0 Å². The minimum Gasteiger partial charge on any atom is -0.336 e. The maximum Gasteiger partial charge on any atom is 0.272 e. The molecule has 2 rings (SSSR count). The lowest BCUT2D eigenvalue weighted by atomic mass is 9.93. The van der Waals surface area contributed by atoms with Gasteiger partial charge in [-0.1, -0.05) is 18.9 Å². The summed E-state index contributed by atoms with van der Waals surface area (Å²) in [6, 6.07) is 5.03. The fraction of sp³-hybridized carbons (Fsp3) is 0.600. The molecule has 21 heavy (non-hydrogen) atoms. The molecule has 1 aromatic heterocycles. The van der Waals surface area contributed by atoms with Gasteiger partial charge < -0.3 is 4.90 Å². The first-order valence-corrected chi connectivity index (χ1v) is 9.16. The van der Waals surface area contributed by atoms with Gasteiger partial charge in [0.05, 0.1) is 5.25 Å². The van der Waals surface area contributed by atoms with Gasteiger partial charge in [0.25, 0.3) is 5.91 Å². The lowest BCUT2D eigenvalue weighted by molar-refractivity contribution is 0.0694. The van der Waals surface area contributed by atoms with Crippen molar-refractivity contribution in [2.45, 2.75) is 43.9 Å². The topological polar surface area (TPSA) is 67.3 Å². The van der Waals surface area contributed by atoms with Crippen molar-refractivity contribution in [2.75, 3.05) is 13.3 Å². The molecule has 1 amide bonds. The van der Waals surface area contributed by atoms with Crippen molar-refractivity contribution in [1.82, 2.24) is 9.88 Å². The molecule has 1 saturated carbocycles. The molecule has 6 heteroatoms. The van der Waals surface area contributed by atoms with Crippen LogP contribution in [-0.2, 0) is 9.84 Å². The molecule has 116 valence electrons. The Hall–Kier alpha value is -1.43. The number of carbonyl (C=O) groups excluding carboxylic acids is 1. The molecule has 2 atom stereocenters. The van der Waals surface area contributed by atoms with Gasteiger partial charge in [0.2, 0.25) is 0 Å². The van der Waals surface area contributed by atoms with E-state index in [-0.39, 0.29) is 11.9 Å². The van der Waals surface area contributed by atoms with E-state index in [0.29, 0.717) is 12.1 Å². The van der Waals surface area contributed by atoms with Crippen molar-refractivity contribution in [1.29, 1.82) is 0 Å². The fourth-order valence-corrected chi connectivity index (χ4v) is 4.50. The molecule has 1 aliphatic rings. The number of nitrogens with zero attached hydrogens (tertiary/aromatic N) is 2. The fourth-order valence-electron chi connectivity index (χ4n) is 3.01. The van der Waals surface area contributed by atoms with Gasteiger partial charge in [0.15, 0.2) is 9.84 Å². The average molecular weight is 310 g/mol. The number of pyridine rings is 1. The first kappa shape index (κ1) is 15.9. The summed E-state index contributed by atoms with van der Waals surface area (Å²) in [4.78, 5) is 18.3. The summed E-state index contributed by atoms with van der Waals surface area (Å²) in [7, 11) is -1.48.